The van der Waals surface area contributed by atoms with Crippen LogP contribution in [0.25, 0.3) is 0 Å². The van der Waals surface area contributed by atoms with E-state index < -0.39 is 5.97 Å². The van der Waals surface area contributed by atoms with Gasteiger partial charge in [-0.05, 0) is 43.2 Å². The summed E-state index contributed by atoms with van der Waals surface area (Å²) in [7, 11) is 0. The number of phenolic OH excluding ortho intramolecular Hbond substituents is 1. The first-order chi connectivity index (χ1) is 8.58. The van der Waals surface area contributed by atoms with Crippen molar-refractivity contribution < 1.29 is 15.0 Å². The van der Waals surface area contributed by atoms with Gasteiger partial charge in [-0.3, -0.25) is 4.79 Å². The maximum Gasteiger partial charge on any atom is 0.300 e. The Labute approximate surface area is 108 Å². The van der Waals surface area contributed by atoms with Crippen LogP contribution in [0, 0.1) is 11.8 Å². The van der Waals surface area contributed by atoms with E-state index in [2.05, 4.69) is 12.2 Å². The second kappa shape index (κ2) is 7.54. The summed E-state index contributed by atoms with van der Waals surface area (Å²) in [4.78, 5) is 9.00. The molecule has 2 atom stereocenters. The number of fused-ring (bicyclic) bond motifs is 2. The molecule has 2 aliphatic carbocycles. The van der Waals surface area contributed by atoms with E-state index in [1.807, 2.05) is 6.07 Å². The number of benzene rings is 1. The standard InChI is InChI=1S/C7H10.C6H6O.C2H4O2/c1-2-7-4-3-6(1)5-7;7-6-4-2-1-3-5-6;1-2(3)4/h1-2,6-7H,3-5H2;1-5,7H;1H3,(H,3,4). The van der Waals surface area contributed by atoms with Crippen molar-refractivity contribution in [3.8, 4) is 5.75 Å². The minimum Gasteiger partial charge on any atom is -0.508 e. The van der Waals surface area contributed by atoms with Crippen LogP contribution in [0.3, 0.4) is 0 Å². The highest BCUT2D eigenvalue weighted by atomic mass is 16.4. The number of carboxylic acid groups (broad SMARTS) is 1. The molecule has 2 bridgehead atoms. The van der Waals surface area contributed by atoms with E-state index in [1.165, 1.54) is 19.3 Å². The van der Waals surface area contributed by atoms with Gasteiger partial charge in [-0.25, -0.2) is 0 Å². The fourth-order valence-electron chi connectivity index (χ4n) is 2.14. The first kappa shape index (κ1) is 14.3. The smallest absolute Gasteiger partial charge is 0.300 e. The van der Waals surface area contributed by atoms with Crippen LogP contribution in [-0.4, -0.2) is 16.2 Å². The van der Waals surface area contributed by atoms with E-state index in [-0.39, 0.29) is 0 Å². The van der Waals surface area contributed by atoms with E-state index in [1.54, 1.807) is 24.3 Å². The van der Waals surface area contributed by atoms with Crippen molar-refractivity contribution >= 4 is 5.97 Å². The molecule has 3 rings (SSSR count). The van der Waals surface area contributed by atoms with Crippen LogP contribution in [-0.2, 0) is 4.79 Å². The molecule has 2 aliphatic rings. The Morgan fingerprint density at radius 3 is 1.72 bits per heavy atom. The third-order valence-electron chi connectivity index (χ3n) is 2.93. The maximum absolute atomic E-state index is 9.00. The first-order valence-electron chi connectivity index (χ1n) is 6.20. The number of phenols is 1. The van der Waals surface area contributed by atoms with Crippen molar-refractivity contribution in [1.82, 2.24) is 0 Å². The number of carbonyl (C=O) groups is 1. The third-order valence-corrected chi connectivity index (χ3v) is 2.93. The van der Waals surface area contributed by atoms with Crippen molar-refractivity contribution in [1.29, 1.82) is 0 Å². The molecule has 2 unspecified atom stereocenters. The molecule has 3 nitrogen and oxygen atoms in total. The Morgan fingerprint density at radius 1 is 1.11 bits per heavy atom. The fourth-order valence-corrected chi connectivity index (χ4v) is 2.14. The third kappa shape index (κ3) is 6.09. The predicted octanol–water partition coefficient (Wildman–Crippen LogP) is 3.46. The summed E-state index contributed by atoms with van der Waals surface area (Å²) < 4.78 is 0. The Morgan fingerprint density at radius 2 is 1.56 bits per heavy atom. The highest BCUT2D eigenvalue weighted by Crippen LogP contribution is 2.38. The van der Waals surface area contributed by atoms with E-state index in [0.29, 0.717) is 5.75 Å². The lowest BCUT2D eigenvalue weighted by Gasteiger charge is -1.96. The van der Waals surface area contributed by atoms with E-state index >= 15 is 0 Å². The van der Waals surface area contributed by atoms with Gasteiger partial charge in [-0.1, -0.05) is 30.4 Å². The van der Waals surface area contributed by atoms with E-state index in [0.717, 1.165) is 18.8 Å². The summed E-state index contributed by atoms with van der Waals surface area (Å²) in [5.41, 5.74) is 0. The second-order valence-corrected chi connectivity index (χ2v) is 4.57. The van der Waals surface area contributed by atoms with Crippen LogP contribution in [0.2, 0.25) is 0 Å². The van der Waals surface area contributed by atoms with Crippen molar-refractivity contribution in [3.05, 3.63) is 42.5 Å². The molecule has 1 fully saturated rings. The number of allylic oxidation sites excluding steroid dienone is 2. The minimum atomic E-state index is -0.833. The molecule has 0 saturated heterocycles. The molecule has 1 saturated carbocycles. The average Bonchev–Trinajstić information content (AvgIpc) is 2.94. The molecule has 0 spiro atoms. The van der Waals surface area contributed by atoms with Crippen LogP contribution in [0.5, 0.6) is 5.75 Å². The summed E-state index contributed by atoms with van der Waals surface area (Å²) in [6.07, 6.45) is 9.19. The maximum atomic E-state index is 9.00. The van der Waals surface area contributed by atoms with Gasteiger partial charge in [0.15, 0.2) is 0 Å². The quantitative estimate of drug-likeness (QED) is 0.691. The van der Waals surface area contributed by atoms with E-state index in [9.17, 15) is 0 Å². The lowest BCUT2D eigenvalue weighted by atomic mass is 10.1. The molecule has 0 radical (unpaired) electrons. The highest BCUT2D eigenvalue weighted by Gasteiger charge is 2.25. The first-order valence-corrected chi connectivity index (χ1v) is 6.20. The number of aliphatic carboxylic acids is 1. The molecule has 0 heterocycles. The zero-order chi connectivity index (χ0) is 13.4. The fraction of sp³-hybridized carbons (Fsp3) is 0.400. The number of aromatic hydroxyl groups is 1. The summed E-state index contributed by atoms with van der Waals surface area (Å²) in [6, 6.07) is 8.71. The number of rotatable bonds is 0. The van der Waals surface area contributed by atoms with Crippen molar-refractivity contribution in [2.24, 2.45) is 11.8 Å². The van der Waals surface area contributed by atoms with Gasteiger partial charge >= 0.3 is 0 Å². The van der Waals surface area contributed by atoms with Crippen LogP contribution >= 0.6 is 0 Å². The number of hydrogen-bond acceptors (Lipinski definition) is 2. The molecule has 0 amide bonds. The summed E-state index contributed by atoms with van der Waals surface area (Å²) >= 11 is 0. The van der Waals surface area contributed by atoms with Gasteiger partial charge < -0.3 is 10.2 Å². The van der Waals surface area contributed by atoms with Gasteiger partial charge in [-0.2, -0.15) is 0 Å². The molecular weight excluding hydrogens is 228 g/mol. The molecule has 2 N–H and O–H groups in total. The Kier molecular flexibility index (Phi) is 5.98. The predicted molar refractivity (Wildman–Crippen MR) is 71.4 cm³/mol. The van der Waals surface area contributed by atoms with Gasteiger partial charge in [0.2, 0.25) is 0 Å². The summed E-state index contributed by atoms with van der Waals surface area (Å²) in [5, 5.41) is 16.0. The van der Waals surface area contributed by atoms with Crippen LogP contribution < -0.4 is 0 Å². The van der Waals surface area contributed by atoms with Crippen LogP contribution in [0.15, 0.2) is 42.5 Å². The Bertz CT molecular complexity index is 368. The van der Waals surface area contributed by atoms with Crippen molar-refractivity contribution in [2.75, 3.05) is 0 Å². The van der Waals surface area contributed by atoms with Crippen LogP contribution in [0.1, 0.15) is 26.2 Å². The monoisotopic (exact) mass is 248 g/mol. The van der Waals surface area contributed by atoms with Gasteiger partial charge in [-0.15, -0.1) is 0 Å². The normalized spacial score (nSPS) is 22.5. The molecular formula is C15H20O3. The number of carboxylic acids is 1. The Hall–Kier alpha value is -1.77. The molecule has 98 valence electrons. The van der Waals surface area contributed by atoms with Gasteiger partial charge in [0, 0.05) is 6.92 Å². The molecule has 3 heteroatoms. The molecule has 0 aliphatic heterocycles. The Balaban J connectivity index is 0.000000142. The average molecular weight is 248 g/mol. The zero-order valence-corrected chi connectivity index (χ0v) is 10.6. The number of para-hydroxylation sites is 1. The molecule has 1 aromatic carbocycles. The second-order valence-electron chi connectivity index (χ2n) is 4.57. The van der Waals surface area contributed by atoms with Crippen molar-refractivity contribution in [2.45, 2.75) is 26.2 Å². The van der Waals surface area contributed by atoms with Crippen molar-refractivity contribution in [3.63, 3.8) is 0 Å². The van der Waals surface area contributed by atoms with Gasteiger partial charge in [0.05, 0.1) is 0 Å². The molecule has 18 heavy (non-hydrogen) atoms. The topological polar surface area (TPSA) is 57.5 Å². The summed E-state index contributed by atoms with van der Waals surface area (Å²) in [5.74, 6) is 1.47. The lowest BCUT2D eigenvalue weighted by Crippen LogP contribution is -1.82. The highest BCUT2D eigenvalue weighted by molar-refractivity contribution is 5.62. The minimum absolute atomic E-state index is 0.322. The zero-order valence-electron chi connectivity index (χ0n) is 10.6. The molecule has 1 aromatic rings. The van der Waals surface area contributed by atoms with Gasteiger partial charge in [0.25, 0.3) is 5.97 Å². The van der Waals surface area contributed by atoms with Crippen LogP contribution in [0.4, 0.5) is 0 Å². The molecule has 0 aromatic heterocycles. The summed E-state index contributed by atoms with van der Waals surface area (Å²) in [6.45, 7) is 1.08. The number of hydrogen-bond donors (Lipinski definition) is 2. The lowest BCUT2D eigenvalue weighted by molar-refractivity contribution is -0.134. The van der Waals surface area contributed by atoms with E-state index in [4.69, 9.17) is 15.0 Å². The SMILES string of the molecule is C1=CC2CCC1C2.CC(=O)O.Oc1ccccc1. The largest absolute Gasteiger partial charge is 0.508 e. The van der Waals surface area contributed by atoms with Gasteiger partial charge in [0.1, 0.15) is 5.75 Å².